The fourth-order valence-electron chi connectivity index (χ4n) is 0.988. The molecule has 0 fully saturated rings. The Morgan fingerprint density at radius 1 is 1.31 bits per heavy atom. The SMILES string of the molecule is Cc1ccc(C=O)c(C#CC=O)c1. The van der Waals surface area contributed by atoms with Crippen molar-refractivity contribution < 1.29 is 9.59 Å². The van der Waals surface area contributed by atoms with Gasteiger partial charge in [0.25, 0.3) is 0 Å². The van der Waals surface area contributed by atoms with Gasteiger partial charge in [-0.25, -0.2) is 0 Å². The average Bonchev–Trinajstić information content (AvgIpc) is 2.15. The molecule has 2 heteroatoms. The molecule has 0 aromatic heterocycles. The Morgan fingerprint density at radius 2 is 2.08 bits per heavy atom. The van der Waals surface area contributed by atoms with Crippen LogP contribution in [0.1, 0.15) is 21.5 Å². The average molecular weight is 172 g/mol. The third-order valence-corrected chi connectivity index (χ3v) is 1.60. The molecule has 2 nitrogen and oxygen atoms in total. The predicted octanol–water partition coefficient (Wildman–Crippen LogP) is 1.36. The van der Waals surface area contributed by atoms with Crippen LogP contribution < -0.4 is 0 Å². The molecule has 0 aliphatic heterocycles. The second-order valence-corrected chi connectivity index (χ2v) is 2.60. The van der Waals surface area contributed by atoms with Crippen LogP contribution in [0.4, 0.5) is 0 Å². The van der Waals surface area contributed by atoms with Crippen LogP contribution in [0.3, 0.4) is 0 Å². The van der Waals surface area contributed by atoms with Crippen molar-refractivity contribution in [2.75, 3.05) is 0 Å². The number of aryl methyl sites for hydroxylation is 1. The standard InChI is InChI=1S/C11H8O2/c1-9-4-5-11(8-13)10(7-9)3-2-6-12/h4-8H,1H3. The summed E-state index contributed by atoms with van der Waals surface area (Å²) in [6.45, 7) is 1.90. The molecule has 0 saturated heterocycles. The molecule has 1 aromatic carbocycles. The summed E-state index contributed by atoms with van der Waals surface area (Å²) < 4.78 is 0. The molecule has 1 aromatic rings. The van der Waals surface area contributed by atoms with E-state index in [0.29, 0.717) is 17.4 Å². The number of benzene rings is 1. The molecule has 0 atom stereocenters. The van der Waals surface area contributed by atoms with E-state index >= 15 is 0 Å². The zero-order valence-electron chi connectivity index (χ0n) is 7.20. The number of hydrogen-bond donors (Lipinski definition) is 0. The maximum atomic E-state index is 10.5. The first-order valence-corrected chi connectivity index (χ1v) is 3.79. The number of rotatable bonds is 1. The second kappa shape index (κ2) is 4.22. The topological polar surface area (TPSA) is 34.1 Å². The summed E-state index contributed by atoms with van der Waals surface area (Å²) in [6.07, 6.45) is 1.24. The number of carbonyl (C=O) groups excluding carboxylic acids is 2. The lowest BCUT2D eigenvalue weighted by Gasteiger charge is -1.97. The summed E-state index contributed by atoms with van der Waals surface area (Å²) in [6, 6.07) is 5.30. The number of carbonyl (C=O) groups is 2. The molecule has 0 bridgehead atoms. The summed E-state index contributed by atoms with van der Waals surface area (Å²) in [5, 5.41) is 0. The fraction of sp³-hybridized carbons (Fsp3) is 0.0909. The van der Waals surface area contributed by atoms with Gasteiger partial charge in [-0.15, -0.1) is 0 Å². The molecule has 0 heterocycles. The maximum absolute atomic E-state index is 10.5. The smallest absolute Gasteiger partial charge is 0.193 e. The monoisotopic (exact) mass is 172 g/mol. The van der Waals surface area contributed by atoms with Crippen molar-refractivity contribution in [3.63, 3.8) is 0 Å². The van der Waals surface area contributed by atoms with E-state index in [0.717, 1.165) is 11.8 Å². The highest BCUT2D eigenvalue weighted by molar-refractivity contribution is 5.81. The number of aldehydes is 2. The molecule has 0 aliphatic carbocycles. The molecule has 0 saturated carbocycles. The molecule has 0 N–H and O–H groups in total. The van der Waals surface area contributed by atoms with Crippen LogP contribution in [0, 0.1) is 18.8 Å². The summed E-state index contributed by atoms with van der Waals surface area (Å²) in [4.78, 5) is 20.5. The van der Waals surface area contributed by atoms with Gasteiger partial charge in [0.15, 0.2) is 12.6 Å². The molecular formula is C11H8O2. The molecule has 0 radical (unpaired) electrons. The summed E-state index contributed by atoms with van der Waals surface area (Å²) in [5.74, 6) is 4.88. The summed E-state index contributed by atoms with van der Waals surface area (Å²) in [5.41, 5.74) is 2.13. The van der Waals surface area contributed by atoms with Gasteiger partial charge in [-0.2, -0.15) is 0 Å². The van der Waals surface area contributed by atoms with Gasteiger partial charge in [0, 0.05) is 11.1 Å². The van der Waals surface area contributed by atoms with Crippen LogP contribution >= 0.6 is 0 Å². The third-order valence-electron chi connectivity index (χ3n) is 1.60. The zero-order chi connectivity index (χ0) is 9.68. The van der Waals surface area contributed by atoms with E-state index < -0.39 is 0 Å². The molecule has 0 unspecified atom stereocenters. The Hall–Kier alpha value is -1.88. The Labute approximate surface area is 76.6 Å². The van der Waals surface area contributed by atoms with Crippen molar-refractivity contribution >= 4 is 12.6 Å². The second-order valence-electron chi connectivity index (χ2n) is 2.60. The maximum Gasteiger partial charge on any atom is 0.193 e. The number of hydrogen-bond acceptors (Lipinski definition) is 2. The highest BCUT2D eigenvalue weighted by Gasteiger charge is 1.97. The van der Waals surface area contributed by atoms with Crippen LogP contribution in [0.15, 0.2) is 18.2 Å². The van der Waals surface area contributed by atoms with Crippen LogP contribution in [-0.4, -0.2) is 12.6 Å². The lowest BCUT2D eigenvalue weighted by molar-refractivity contribution is -0.103. The molecule has 1 rings (SSSR count). The Kier molecular flexibility index (Phi) is 2.99. The predicted molar refractivity (Wildman–Crippen MR) is 49.5 cm³/mol. The van der Waals surface area contributed by atoms with Gasteiger partial charge >= 0.3 is 0 Å². The van der Waals surface area contributed by atoms with E-state index in [1.54, 1.807) is 12.1 Å². The summed E-state index contributed by atoms with van der Waals surface area (Å²) >= 11 is 0. The van der Waals surface area contributed by atoms with Crippen molar-refractivity contribution in [1.82, 2.24) is 0 Å². The van der Waals surface area contributed by atoms with Crippen molar-refractivity contribution in [2.45, 2.75) is 6.92 Å². The Balaban J connectivity index is 3.22. The molecule has 0 amide bonds. The first kappa shape index (κ1) is 9.21. The minimum Gasteiger partial charge on any atom is -0.298 e. The van der Waals surface area contributed by atoms with Crippen molar-refractivity contribution in [3.05, 3.63) is 34.9 Å². The van der Waals surface area contributed by atoms with E-state index in [4.69, 9.17) is 0 Å². The molecule has 13 heavy (non-hydrogen) atoms. The normalized spacial score (nSPS) is 8.38. The Bertz CT molecular complexity index is 394. The molecule has 0 aliphatic rings. The zero-order valence-corrected chi connectivity index (χ0v) is 7.20. The van der Waals surface area contributed by atoms with E-state index in [1.807, 2.05) is 13.0 Å². The fourth-order valence-corrected chi connectivity index (χ4v) is 0.988. The Morgan fingerprint density at radius 3 is 2.69 bits per heavy atom. The van der Waals surface area contributed by atoms with Gasteiger partial charge in [-0.3, -0.25) is 9.59 Å². The first-order chi connectivity index (χ1) is 6.27. The van der Waals surface area contributed by atoms with Crippen LogP contribution in [0.5, 0.6) is 0 Å². The van der Waals surface area contributed by atoms with Gasteiger partial charge in [-0.05, 0) is 24.5 Å². The lowest BCUT2D eigenvalue weighted by Crippen LogP contribution is -1.88. The van der Waals surface area contributed by atoms with Crippen LogP contribution in [0.2, 0.25) is 0 Å². The minimum atomic E-state index is 0.511. The summed E-state index contributed by atoms with van der Waals surface area (Å²) in [7, 11) is 0. The van der Waals surface area contributed by atoms with Gasteiger partial charge in [0.2, 0.25) is 0 Å². The van der Waals surface area contributed by atoms with Gasteiger partial charge < -0.3 is 0 Å². The molecule has 64 valence electrons. The van der Waals surface area contributed by atoms with Crippen molar-refractivity contribution in [2.24, 2.45) is 0 Å². The van der Waals surface area contributed by atoms with Crippen molar-refractivity contribution in [3.8, 4) is 11.8 Å². The van der Waals surface area contributed by atoms with Gasteiger partial charge in [0.1, 0.15) is 0 Å². The van der Waals surface area contributed by atoms with E-state index in [2.05, 4.69) is 11.8 Å². The first-order valence-electron chi connectivity index (χ1n) is 3.79. The van der Waals surface area contributed by atoms with Crippen LogP contribution in [0.25, 0.3) is 0 Å². The molecule has 0 spiro atoms. The highest BCUT2D eigenvalue weighted by atomic mass is 16.1. The lowest BCUT2D eigenvalue weighted by atomic mass is 10.1. The third kappa shape index (κ3) is 2.28. The van der Waals surface area contributed by atoms with Gasteiger partial charge in [0.05, 0.1) is 0 Å². The highest BCUT2D eigenvalue weighted by Crippen LogP contribution is 2.07. The van der Waals surface area contributed by atoms with E-state index in [9.17, 15) is 9.59 Å². The van der Waals surface area contributed by atoms with E-state index in [-0.39, 0.29) is 0 Å². The van der Waals surface area contributed by atoms with Crippen molar-refractivity contribution in [1.29, 1.82) is 0 Å². The largest absolute Gasteiger partial charge is 0.298 e. The van der Waals surface area contributed by atoms with E-state index in [1.165, 1.54) is 0 Å². The van der Waals surface area contributed by atoms with Gasteiger partial charge in [-0.1, -0.05) is 18.1 Å². The van der Waals surface area contributed by atoms with Crippen LogP contribution in [-0.2, 0) is 4.79 Å². The quantitative estimate of drug-likeness (QED) is 0.473. The minimum absolute atomic E-state index is 0.511. The molecular weight excluding hydrogens is 164 g/mol.